The summed E-state index contributed by atoms with van der Waals surface area (Å²) in [6, 6.07) is 15.7. The minimum absolute atomic E-state index is 0.00727. The molecule has 0 aliphatic rings. The molecule has 2 heterocycles. The van der Waals surface area contributed by atoms with Crippen molar-refractivity contribution in [2.75, 3.05) is 0 Å². The van der Waals surface area contributed by atoms with E-state index in [1.165, 1.54) is 0 Å². The Morgan fingerprint density at radius 3 is 2.73 bits per heavy atom. The van der Waals surface area contributed by atoms with Crippen molar-refractivity contribution in [3.63, 3.8) is 0 Å². The summed E-state index contributed by atoms with van der Waals surface area (Å²) < 4.78 is 2.96. The summed E-state index contributed by atoms with van der Waals surface area (Å²) in [5.74, 6) is 0.848. The molecule has 4 rings (SSSR count). The predicted octanol–water partition coefficient (Wildman–Crippen LogP) is 3.87. The largest absolute Gasteiger partial charge is 0.337 e. The Labute approximate surface area is 155 Å². The molecule has 4 aromatic rings. The maximum absolute atomic E-state index is 13.2. The molecule has 0 fully saturated rings. The maximum atomic E-state index is 13.2. The number of aryl methyl sites for hydroxylation is 1. The Bertz CT molecular complexity index is 1040. The van der Waals surface area contributed by atoms with Gasteiger partial charge in [0.05, 0.1) is 22.3 Å². The van der Waals surface area contributed by atoms with Crippen LogP contribution in [0.15, 0.2) is 66.4 Å². The molecule has 0 saturated heterocycles. The standard InChI is InChI=1S/C20H18N4OS/c1-23-10-9-21-19(23)13-24(12-15-5-3-2-4-6-15)20(25)16-7-8-17-18(11-16)26-14-22-17/h2-11,14H,12-13H2,1H3. The molecule has 0 aliphatic heterocycles. The van der Waals surface area contributed by atoms with Gasteiger partial charge in [-0.25, -0.2) is 9.97 Å². The summed E-state index contributed by atoms with van der Waals surface area (Å²) in [5, 5.41) is 0. The van der Waals surface area contributed by atoms with E-state index in [9.17, 15) is 4.79 Å². The van der Waals surface area contributed by atoms with E-state index in [4.69, 9.17) is 0 Å². The van der Waals surface area contributed by atoms with Crippen LogP contribution in [0.5, 0.6) is 0 Å². The monoisotopic (exact) mass is 362 g/mol. The smallest absolute Gasteiger partial charge is 0.254 e. The maximum Gasteiger partial charge on any atom is 0.254 e. The molecule has 0 bridgehead atoms. The number of fused-ring (bicyclic) bond motifs is 1. The Kier molecular flexibility index (Phi) is 4.50. The third kappa shape index (κ3) is 3.36. The Morgan fingerprint density at radius 2 is 1.96 bits per heavy atom. The number of amides is 1. The molecule has 0 spiro atoms. The highest BCUT2D eigenvalue weighted by molar-refractivity contribution is 7.16. The number of imidazole rings is 1. The van der Waals surface area contributed by atoms with Crippen LogP contribution in [0.4, 0.5) is 0 Å². The number of hydrogen-bond donors (Lipinski definition) is 0. The lowest BCUT2D eigenvalue weighted by molar-refractivity contribution is 0.0724. The van der Waals surface area contributed by atoms with Crippen molar-refractivity contribution in [3.05, 3.63) is 83.4 Å². The zero-order chi connectivity index (χ0) is 17.9. The van der Waals surface area contributed by atoms with Crippen molar-refractivity contribution in [2.45, 2.75) is 13.1 Å². The van der Waals surface area contributed by atoms with Crippen molar-refractivity contribution in [3.8, 4) is 0 Å². The molecule has 1 amide bonds. The highest BCUT2D eigenvalue weighted by Gasteiger charge is 2.19. The van der Waals surface area contributed by atoms with Gasteiger partial charge in [-0.2, -0.15) is 0 Å². The van der Waals surface area contributed by atoms with E-state index >= 15 is 0 Å². The second kappa shape index (κ2) is 7.09. The fourth-order valence-electron chi connectivity index (χ4n) is 2.89. The van der Waals surface area contributed by atoms with Gasteiger partial charge in [0.25, 0.3) is 5.91 Å². The van der Waals surface area contributed by atoms with Gasteiger partial charge in [-0.1, -0.05) is 30.3 Å². The average Bonchev–Trinajstić information content (AvgIpc) is 3.29. The number of aromatic nitrogens is 3. The molecule has 5 nitrogen and oxygen atoms in total. The van der Waals surface area contributed by atoms with Crippen LogP contribution in [0.2, 0.25) is 0 Å². The second-order valence-electron chi connectivity index (χ2n) is 6.14. The normalized spacial score (nSPS) is 11.0. The van der Waals surface area contributed by atoms with E-state index in [2.05, 4.69) is 9.97 Å². The van der Waals surface area contributed by atoms with Crippen LogP contribution in [0.25, 0.3) is 10.2 Å². The summed E-state index contributed by atoms with van der Waals surface area (Å²) >= 11 is 1.54. The van der Waals surface area contributed by atoms with Gasteiger partial charge in [0.2, 0.25) is 0 Å². The van der Waals surface area contributed by atoms with Crippen molar-refractivity contribution < 1.29 is 4.79 Å². The lowest BCUT2D eigenvalue weighted by Gasteiger charge is -2.23. The number of rotatable bonds is 5. The van der Waals surface area contributed by atoms with Gasteiger partial charge in [-0.15, -0.1) is 11.3 Å². The zero-order valence-corrected chi connectivity index (χ0v) is 15.2. The molecule has 6 heteroatoms. The van der Waals surface area contributed by atoms with E-state index < -0.39 is 0 Å². The van der Waals surface area contributed by atoms with E-state index in [1.807, 2.05) is 71.2 Å². The van der Waals surface area contributed by atoms with E-state index in [0.29, 0.717) is 18.7 Å². The van der Waals surface area contributed by atoms with Crippen molar-refractivity contribution in [2.24, 2.45) is 7.05 Å². The number of thiazole rings is 1. The molecular weight excluding hydrogens is 344 g/mol. The van der Waals surface area contributed by atoms with Crippen LogP contribution >= 0.6 is 11.3 Å². The summed E-state index contributed by atoms with van der Waals surface area (Å²) in [7, 11) is 1.94. The molecule has 0 atom stereocenters. The highest BCUT2D eigenvalue weighted by Crippen LogP contribution is 2.21. The molecule has 0 aliphatic carbocycles. The third-order valence-corrected chi connectivity index (χ3v) is 5.13. The van der Waals surface area contributed by atoms with Crippen LogP contribution < -0.4 is 0 Å². The molecule has 0 unspecified atom stereocenters. The van der Waals surface area contributed by atoms with Gasteiger partial charge in [0.1, 0.15) is 5.82 Å². The van der Waals surface area contributed by atoms with Crippen molar-refractivity contribution >= 4 is 27.5 Å². The summed E-state index contributed by atoms with van der Waals surface area (Å²) in [6.45, 7) is 0.991. The number of carbonyl (C=O) groups is 1. The molecule has 26 heavy (non-hydrogen) atoms. The lowest BCUT2D eigenvalue weighted by Crippen LogP contribution is -2.31. The molecule has 2 aromatic carbocycles. The molecule has 0 saturated carbocycles. The molecule has 0 radical (unpaired) electrons. The van der Waals surface area contributed by atoms with E-state index in [-0.39, 0.29) is 5.91 Å². The SMILES string of the molecule is Cn1ccnc1CN(Cc1ccccc1)C(=O)c1ccc2ncsc2c1. The first kappa shape index (κ1) is 16.5. The van der Waals surface area contributed by atoms with Crippen LogP contribution in [-0.2, 0) is 20.1 Å². The minimum Gasteiger partial charge on any atom is -0.337 e. The number of nitrogens with zero attached hydrogens (tertiary/aromatic N) is 4. The van der Waals surface area contributed by atoms with Crippen LogP contribution in [-0.4, -0.2) is 25.3 Å². The van der Waals surface area contributed by atoms with Crippen LogP contribution in [0, 0.1) is 0 Å². The first-order valence-electron chi connectivity index (χ1n) is 8.33. The fraction of sp³-hybridized carbons (Fsp3) is 0.150. The van der Waals surface area contributed by atoms with E-state index in [0.717, 1.165) is 21.6 Å². The second-order valence-corrected chi connectivity index (χ2v) is 7.02. The average molecular weight is 362 g/mol. The van der Waals surface area contributed by atoms with Gasteiger partial charge in [0, 0.05) is 31.5 Å². The van der Waals surface area contributed by atoms with Crippen LogP contribution in [0.1, 0.15) is 21.7 Å². The number of carbonyl (C=O) groups excluding carboxylic acids is 1. The van der Waals surface area contributed by atoms with Gasteiger partial charge in [-0.05, 0) is 23.8 Å². The van der Waals surface area contributed by atoms with Crippen molar-refractivity contribution in [1.29, 1.82) is 0 Å². The summed E-state index contributed by atoms with van der Waals surface area (Å²) in [6.07, 6.45) is 3.65. The summed E-state index contributed by atoms with van der Waals surface area (Å²) in [5.41, 5.74) is 4.49. The first-order chi connectivity index (χ1) is 12.7. The van der Waals surface area contributed by atoms with Gasteiger partial charge in [-0.3, -0.25) is 4.79 Å². The minimum atomic E-state index is -0.00727. The van der Waals surface area contributed by atoms with Crippen molar-refractivity contribution in [1.82, 2.24) is 19.4 Å². The predicted molar refractivity (Wildman–Crippen MR) is 103 cm³/mol. The van der Waals surface area contributed by atoms with Gasteiger partial charge >= 0.3 is 0 Å². The number of benzene rings is 2. The molecular formula is C20H18N4OS. The first-order valence-corrected chi connectivity index (χ1v) is 9.21. The molecule has 0 N–H and O–H groups in total. The lowest BCUT2D eigenvalue weighted by atomic mass is 10.1. The third-order valence-electron chi connectivity index (χ3n) is 4.33. The highest BCUT2D eigenvalue weighted by atomic mass is 32.1. The van der Waals surface area contributed by atoms with Crippen LogP contribution in [0.3, 0.4) is 0 Å². The molecule has 130 valence electrons. The van der Waals surface area contributed by atoms with Gasteiger partial charge < -0.3 is 9.47 Å². The summed E-state index contributed by atoms with van der Waals surface area (Å²) in [4.78, 5) is 23.7. The number of hydrogen-bond acceptors (Lipinski definition) is 4. The zero-order valence-electron chi connectivity index (χ0n) is 14.4. The quantitative estimate of drug-likeness (QED) is 0.541. The Morgan fingerprint density at radius 1 is 1.12 bits per heavy atom. The van der Waals surface area contributed by atoms with E-state index in [1.54, 1.807) is 23.0 Å². The fourth-order valence-corrected chi connectivity index (χ4v) is 3.61. The Hall–Kier alpha value is -2.99. The Balaban J connectivity index is 1.66. The topological polar surface area (TPSA) is 51.0 Å². The molecule has 2 aromatic heterocycles. The van der Waals surface area contributed by atoms with Gasteiger partial charge in [0.15, 0.2) is 0 Å².